The molecule has 0 aromatic rings. The van der Waals surface area contributed by atoms with E-state index in [-0.39, 0.29) is 11.4 Å². The van der Waals surface area contributed by atoms with Gasteiger partial charge in [-0.2, -0.15) is 18.0 Å². The van der Waals surface area contributed by atoms with Crippen LogP contribution in [0, 0.1) is 0 Å². The lowest BCUT2D eigenvalue weighted by atomic mass is 10.00. The van der Waals surface area contributed by atoms with E-state index in [9.17, 15) is 13.2 Å². The van der Waals surface area contributed by atoms with Crippen LogP contribution in [0.5, 0.6) is 0 Å². The summed E-state index contributed by atoms with van der Waals surface area (Å²) in [5.74, 6) is 0. The highest BCUT2D eigenvalue weighted by molar-refractivity contribution is 5.94. The predicted molar refractivity (Wildman–Crippen MR) is 49.1 cm³/mol. The average Bonchev–Trinajstić information content (AvgIpc) is 2.17. The molecule has 0 spiro atoms. The highest BCUT2D eigenvalue weighted by Gasteiger charge is 2.39. The van der Waals surface area contributed by atoms with Crippen molar-refractivity contribution in [3.63, 3.8) is 0 Å². The molecule has 6 heteroatoms. The Hall–Kier alpha value is -1.55. The fourth-order valence-electron chi connectivity index (χ4n) is 1.29. The van der Waals surface area contributed by atoms with E-state index < -0.39 is 18.2 Å². The molecule has 0 saturated carbocycles. The monoisotopic (exact) mass is 217 g/mol. The standard InChI is InChI=1S/C9H10F3N3/c1-2-14-8-4-3-6(15-13)5-7(8)9(10,11)12/h3-4,14H,2,5H2,1H3. The first-order chi connectivity index (χ1) is 6.99. The lowest BCUT2D eigenvalue weighted by Crippen LogP contribution is -2.25. The van der Waals surface area contributed by atoms with Crippen LogP contribution in [0.4, 0.5) is 13.2 Å². The zero-order chi connectivity index (χ0) is 11.5. The zero-order valence-corrected chi connectivity index (χ0v) is 8.10. The summed E-state index contributed by atoms with van der Waals surface area (Å²) in [6.45, 7) is 2.12. The van der Waals surface area contributed by atoms with Crippen LogP contribution in [0.25, 0.3) is 5.53 Å². The maximum atomic E-state index is 12.6. The zero-order valence-electron chi connectivity index (χ0n) is 8.10. The topological polar surface area (TPSA) is 48.4 Å². The van der Waals surface area contributed by atoms with Gasteiger partial charge in [-0.15, -0.1) is 0 Å². The maximum Gasteiger partial charge on any atom is 0.415 e. The number of hydrogen-bond donors (Lipinski definition) is 1. The van der Waals surface area contributed by atoms with E-state index >= 15 is 0 Å². The van der Waals surface area contributed by atoms with Gasteiger partial charge in [0.1, 0.15) is 0 Å². The Morgan fingerprint density at radius 3 is 2.60 bits per heavy atom. The maximum absolute atomic E-state index is 12.6. The minimum absolute atomic E-state index is 0.00368. The third kappa shape index (κ3) is 2.70. The van der Waals surface area contributed by atoms with Gasteiger partial charge in [0.15, 0.2) is 0 Å². The molecule has 1 N–H and O–H groups in total. The molecule has 1 aliphatic carbocycles. The summed E-state index contributed by atoms with van der Waals surface area (Å²) in [5.41, 5.74) is 7.75. The van der Waals surface area contributed by atoms with E-state index in [0.717, 1.165) is 0 Å². The molecule has 0 saturated heterocycles. The van der Waals surface area contributed by atoms with E-state index in [1.165, 1.54) is 12.2 Å². The summed E-state index contributed by atoms with van der Waals surface area (Å²) in [6.07, 6.45) is -2.19. The second kappa shape index (κ2) is 4.31. The Bertz CT molecular complexity index is 359. The summed E-state index contributed by atoms with van der Waals surface area (Å²) in [7, 11) is 0. The molecule has 0 heterocycles. The summed E-state index contributed by atoms with van der Waals surface area (Å²) in [5, 5.41) is 2.62. The van der Waals surface area contributed by atoms with Gasteiger partial charge in [0, 0.05) is 18.3 Å². The molecule has 0 amide bonds. The van der Waals surface area contributed by atoms with Crippen LogP contribution >= 0.6 is 0 Å². The Labute approximate surface area is 84.9 Å². The van der Waals surface area contributed by atoms with Gasteiger partial charge in [0.25, 0.3) is 5.71 Å². The summed E-state index contributed by atoms with van der Waals surface area (Å²) in [6, 6.07) is 0. The molecule has 0 aliphatic heterocycles. The largest absolute Gasteiger partial charge is 0.415 e. The number of likely N-dealkylation sites (N-methyl/N-ethyl adjacent to an activating group) is 1. The molecule has 15 heavy (non-hydrogen) atoms. The van der Waals surface area contributed by atoms with Gasteiger partial charge in [-0.25, -0.2) is 0 Å². The molecule has 1 aliphatic rings. The van der Waals surface area contributed by atoms with Crippen molar-refractivity contribution in [2.45, 2.75) is 19.5 Å². The molecule has 1 rings (SSSR count). The van der Waals surface area contributed by atoms with Crippen molar-refractivity contribution in [3.8, 4) is 0 Å². The average molecular weight is 217 g/mol. The first kappa shape index (κ1) is 11.5. The molecule has 0 fully saturated rings. The summed E-state index contributed by atoms with van der Waals surface area (Å²) < 4.78 is 37.7. The van der Waals surface area contributed by atoms with Crippen LogP contribution in [-0.4, -0.2) is 23.2 Å². The van der Waals surface area contributed by atoms with Crippen LogP contribution in [0.1, 0.15) is 13.3 Å². The van der Waals surface area contributed by atoms with Gasteiger partial charge in [-0.1, -0.05) is 0 Å². The van der Waals surface area contributed by atoms with Gasteiger partial charge in [-0.05, 0) is 13.0 Å². The number of hydrogen-bond acceptors (Lipinski definition) is 1. The van der Waals surface area contributed by atoms with Crippen molar-refractivity contribution >= 4 is 5.71 Å². The molecular formula is C9H10F3N3. The second-order valence-electron chi connectivity index (χ2n) is 3.02. The molecule has 0 aromatic carbocycles. The third-order valence-electron chi connectivity index (χ3n) is 1.96. The number of nitrogens with zero attached hydrogens (tertiary/aromatic N) is 2. The minimum atomic E-state index is -4.40. The number of rotatable bonds is 2. The molecule has 82 valence electrons. The smallest absolute Gasteiger partial charge is 0.385 e. The Kier molecular flexibility index (Phi) is 3.31. The molecule has 0 unspecified atom stereocenters. The van der Waals surface area contributed by atoms with Crippen molar-refractivity contribution in [2.24, 2.45) is 0 Å². The van der Waals surface area contributed by atoms with Crippen LogP contribution in [0.2, 0.25) is 0 Å². The van der Waals surface area contributed by atoms with E-state index in [1.807, 2.05) is 0 Å². The molecular weight excluding hydrogens is 207 g/mol. The number of allylic oxidation sites excluding steroid dienone is 3. The number of alkyl halides is 3. The SMILES string of the molecule is CCNC1=C(C(F)(F)F)CC(=[N+]=[N-])C=C1. The fraction of sp³-hybridized carbons (Fsp3) is 0.444. The van der Waals surface area contributed by atoms with Gasteiger partial charge in [0.2, 0.25) is 0 Å². The van der Waals surface area contributed by atoms with Gasteiger partial charge >= 0.3 is 6.18 Å². The first-order valence-electron chi connectivity index (χ1n) is 4.42. The highest BCUT2D eigenvalue weighted by atomic mass is 19.4. The summed E-state index contributed by atoms with van der Waals surface area (Å²) in [4.78, 5) is 2.77. The van der Waals surface area contributed by atoms with Crippen LogP contribution < -0.4 is 5.32 Å². The lowest BCUT2D eigenvalue weighted by Gasteiger charge is -2.17. The number of nitrogens with one attached hydrogen (secondary N) is 1. The van der Waals surface area contributed by atoms with E-state index in [2.05, 4.69) is 10.1 Å². The fourth-order valence-corrected chi connectivity index (χ4v) is 1.29. The lowest BCUT2D eigenvalue weighted by molar-refractivity contribution is -0.0950. The van der Waals surface area contributed by atoms with Crippen molar-refractivity contribution < 1.29 is 18.0 Å². The molecule has 0 aromatic heterocycles. The highest BCUT2D eigenvalue weighted by Crippen LogP contribution is 2.32. The quantitative estimate of drug-likeness (QED) is 0.558. The first-order valence-corrected chi connectivity index (χ1v) is 4.42. The normalized spacial score (nSPS) is 16.7. The van der Waals surface area contributed by atoms with E-state index in [1.54, 1.807) is 6.92 Å². The van der Waals surface area contributed by atoms with Crippen LogP contribution in [0.15, 0.2) is 23.4 Å². The van der Waals surface area contributed by atoms with Crippen molar-refractivity contribution in [1.29, 1.82) is 0 Å². The van der Waals surface area contributed by atoms with Crippen LogP contribution in [-0.2, 0) is 0 Å². The third-order valence-corrected chi connectivity index (χ3v) is 1.96. The van der Waals surface area contributed by atoms with Gasteiger partial charge in [-0.3, -0.25) is 0 Å². The van der Waals surface area contributed by atoms with E-state index in [0.29, 0.717) is 6.54 Å². The number of halogens is 3. The van der Waals surface area contributed by atoms with Crippen molar-refractivity contribution in [1.82, 2.24) is 5.32 Å². The predicted octanol–water partition coefficient (Wildman–Crippen LogP) is 2.04. The molecule has 3 nitrogen and oxygen atoms in total. The van der Waals surface area contributed by atoms with Gasteiger partial charge in [0.05, 0.1) is 12.0 Å². The molecule has 0 atom stereocenters. The summed E-state index contributed by atoms with van der Waals surface area (Å²) >= 11 is 0. The van der Waals surface area contributed by atoms with Crippen LogP contribution in [0.3, 0.4) is 0 Å². The Morgan fingerprint density at radius 2 is 2.13 bits per heavy atom. The van der Waals surface area contributed by atoms with E-state index in [4.69, 9.17) is 5.53 Å². The van der Waals surface area contributed by atoms with Gasteiger partial charge < -0.3 is 10.8 Å². The Morgan fingerprint density at radius 1 is 1.47 bits per heavy atom. The van der Waals surface area contributed by atoms with Crippen molar-refractivity contribution in [3.05, 3.63) is 29.0 Å². The van der Waals surface area contributed by atoms with Crippen molar-refractivity contribution in [2.75, 3.05) is 6.54 Å². The molecule has 0 radical (unpaired) electrons. The minimum Gasteiger partial charge on any atom is -0.385 e. The second-order valence-corrected chi connectivity index (χ2v) is 3.02. The Balaban J connectivity index is 3.09. The molecule has 0 bridgehead atoms.